The fraction of sp³-hybridized carbons (Fsp3) is 0.379. The first-order valence-electron chi connectivity index (χ1n) is 13.2. The first-order valence-corrected chi connectivity index (χ1v) is 13.2. The molecule has 12 nitrogen and oxygen atoms in total. The quantitative estimate of drug-likeness (QED) is 0.173. The van der Waals surface area contributed by atoms with E-state index in [0.717, 1.165) is 0 Å². The summed E-state index contributed by atoms with van der Waals surface area (Å²) in [6.45, 7) is 1.89. The molecule has 3 atom stereocenters. The number of hydrogen-bond acceptors (Lipinski definition) is 7. The van der Waals surface area contributed by atoms with Crippen LogP contribution in [0.5, 0.6) is 11.5 Å². The number of carbonyl (C=O) groups is 6. The first-order chi connectivity index (χ1) is 19.9. The van der Waals surface area contributed by atoms with Gasteiger partial charge >= 0.3 is 11.9 Å². The van der Waals surface area contributed by atoms with Crippen LogP contribution in [-0.4, -0.2) is 64.4 Å². The number of anilines is 1. The van der Waals surface area contributed by atoms with E-state index in [4.69, 9.17) is 9.84 Å². The van der Waals surface area contributed by atoms with Gasteiger partial charge in [-0.25, -0.2) is 4.39 Å². The minimum atomic E-state index is -1.70. The minimum absolute atomic E-state index is 0.0621. The van der Waals surface area contributed by atoms with Gasteiger partial charge in [0.25, 0.3) is 0 Å². The van der Waals surface area contributed by atoms with Crippen molar-refractivity contribution < 1.29 is 48.1 Å². The highest BCUT2D eigenvalue weighted by molar-refractivity contribution is 6.05. The van der Waals surface area contributed by atoms with Crippen LogP contribution in [0.15, 0.2) is 54.6 Å². The molecule has 42 heavy (non-hydrogen) atoms. The van der Waals surface area contributed by atoms with Gasteiger partial charge in [0.1, 0.15) is 36.2 Å². The van der Waals surface area contributed by atoms with Crippen LogP contribution < -0.4 is 20.7 Å². The summed E-state index contributed by atoms with van der Waals surface area (Å²) in [6.07, 6.45) is -1.75. The van der Waals surface area contributed by atoms with Gasteiger partial charge in [-0.15, -0.1) is 0 Å². The Hall–Kier alpha value is -4.81. The van der Waals surface area contributed by atoms with Crippen molar-refractivity contribution in [3.63, 3.8) is 0 Å². The molecular weight excluding hydrogens is 553 g/mol. The molecule has 2 aromatic rings. The second kappa shape index (κ2) is 16.5. The van der Waals surface area contributed by atoms with E-state index in [0.29, 0.717) is 17.2 Å². The zero-order chi connectivity index (χ0) is 31.2. The number of carboxylic acid groups (broad SMARTS) is 2. The molecule has 0 fully saturated rings. The van der Waals surface area contributed by atoms with Crippen LogP contribution in [0, 0.1) is 11.8 Å². The van der Waals surface area contributed by atoms with Crippen LogP contribution in [0.4, 0.5) is 10.1 Å². The first kappa shape index (κ1) is 33.4. The van der Waals surface area contributed by atoms with Crippen LogP contribution in [-0.2, 0) is 28.8 Å². The molecule has 13 heteroatoms. The molecule has 0 aliphatic rings. The number of Topliss-reactive ketones (excluding diaryl/α,β-unsaturated/α-hetero) is 1. The number of ketones is 1. The van der Waals surface area contributed by atoms with Gasteiger partial charge in [-0.2, -0.15) is 0 Å². The maximum Gasteiger partial charge on any atom is 0.305 e. The van der Waals surface area contributed by atoms with Gasteiger partial charge in [0.2, 0.25) is 17.7 Å². The second-order valence-corrected chi connectivity index (χ2v) is 9.87. The standard InChI is InChI=1S/C29H34FN3O9/c1-17(2)13-21(28(40)33-23(15-26(37)38)24(34)16-30)27(39)32-22(11-12-25(35)36)29(41)31-18-7-6-10-20(14-18)42-19-8-4-3-5-9-19/h3-10,14,17,21-23H,11-13,15-16H2,1-2H3,(H,31,41)(H,32,39)(H,33,40)(H,35,36)(H,37,38). The van der Waals surface area contributed by atoms with Gasteiger partial charge in [-0.3, -0.25) is 28.8 Å². The number of ether oxygens (including phenoxy) is 1. The molecule has 0 aromatic heterocycles. The number of amides is 3. The number of rotatable bonds is 17. The predicted octanol–water partition coefficient (Wildman–Crippen LogP) is 2.93. The van der Waals surface area contributed by atoms with E-state index >= 15 is 0 Å². The second-order valence-electron chi connectivity index (χ2n) is 9.87. The van der Waals surface area contributed by atoms with Gasteiger partial charge in [0, 0.05) is 18.2 Å². The van der Waals surface area contributed by atoms with E-state index in [1.54, 1.807) is 56.3 Å². The van der Waals surface area contributed by atoms with E-state index in [1.807, 2.05) is 6.07 Å². The summed E-state index contributed by atoms with van der Waals surface area (Å²) in [5, 5.41) is 25.3. The lowest BCUT2D eigenvalue weighted by Gasteiger charge is -2.24. The molecule has 226 valence electrons. The highest BCUT2D eigenvalue weighted by Crippen LogP contribution is 2.24. The Balaban J connectivity index is 2.22. The normalized spacial score (nSPS) is 12.9. The van der Waals surface area contributed by atoms with Crippen molar-refractivity contribution in [1.29, 1.82) is 0 Å². The lowest BCUT2D eigenvalue weighted by atomic mass is 9.94. The van der Waals surface area contributed by atoms with Crippen LogP contribution in [0.2, 0.25) is 0 Å². The fourth-order valence-corrected chi connectivity index (χ4v) is 3.89. The van der Waals surface area contributed by atoms with Crippen molar-refractivity contribution in [3.05, 3.63) is 54.6 Å². The summed E-state index contributed by atoms with van der Waals surface area (Å²) < 4.78 is 18.7. The molecule has 0 aliphatic heterocycles. The zero-order valence-corrected chi connectivity index (χ0v) is 23.2. The van der Waals surface area contributed by atoms with Crippen LogP contribution in [0.25, 0.3) is 0 Å². The van der Waals surface area contributed by atoms with Crippen molar-refractivity contribution in [3.8, 4) is 11.5 Å². The third kappa shape index (κ3) is 11.4. The van der Waals surface area contributed by atoms with Crippen molar-refractivity contribution in [1.82, 2.24) is 10.6 Å². The van der Waals surface area contributed by atoms with Gasteiger partial charge in [0.15, 0.2) is 5.78 Å². The Labute approximate surface area is 241 Å². The third-order valence-electron chi connectivity index (χ3n) is 5.92. The number of nitrogens with one attached hydrogen (secondary N) is 3. The molecule has 3 amide bonds. The molecule has 2 aromatic carbocycles. The summed E-state index contributed by atoms with van der Waals surface area (Å²) in [4.78, 5) is 73.6. The van der Waals surface area contributed by atoms with Gasteiger partial charge in [-0.1, -0.05) is 38.1 Å². The van der Waals surface area contributed by atoms with Crippen LogP contribution in [0.1, 0.15) is 39.5 Å². The summed E-state index contributed by atoms with van der Waals surface area (Å²) in [6, 6.07) is 12.2. The zero-order valence-electron chi connectivity index (χ0n) is 23.2. The van der Waals surface area contributed by atoms with Crippen molar-refractivity contribution in [2.45, 2.75) is 51.6 Å². The topological polar surface area (TPSA) is 188 Å². The Morgan fingerprint density at radius 1 is 0.810 bits per heavy atom. The van der Waals surface area contributed by atoms with E-state index < -0.39 is 73.0 Å². The van der Waals surface area contributed by atoms with Crippen LogP contribution in [0.3, 0.4) is 0 Å². The van der Waals surface area contributed by atoms with Gasteiger partial charge in [-0.05, 0) is 43.0 Å². The van der Waals surface area contributed by atoms with E-state index in [-0.39, 0.29) is 18.8 Å². The van der Waals surface area contributed by atoms with Crippen molar-refractivity contribution >= 4 is 41.1 Å². The van der Waals surface area contributed by atoms with Gasteiger partial charge in [0.05, 0.1) is 6.42 Å². The monoisotopic (exact) mass is 587 g/mol. The molecule has 0 spiro atoms. The summed E-state index contributed by atoms with van der Waals surface area (Å²) in [7, 11) is 0. The largest absolute Gasteiger partial charge is 0.481 e. The fourth-order valence-electron chi connectivity index (χ4n) is 3.89. The van der Waals surface area contributed by atoms with Gasteiger partial charge < -0.3 is 30.9 Å². The number of para-hydroxylation sites is 1. The predicted molar refractivity (Wildman–Crippen MR) is 148 cm³/mol. The van der Waals surface area contributed by atoms with E-state index in [1.165, 1.54) is 6.07 Å². The number of benzene rings is 2. The summed E-state index contributed by atoms with van der Waals surface area (Å²) in [5.74, 6) is -7.37. The SMILES string of the molecule is CC(C)CC(C(=O)NC(CC(=O)O)C(=O)CF)C(=O)NC(CCC(=O)O)C(=O)Nc1cccc(Oc2ccccc2)c1. The molecule has 2 rings (SSSR count). The molecule has 5 N–H and O–H groups in total. The number of hydrogen-bond donors (Lipinski definition) is 5. The lowest BCUT2D eigenvalue weighted by Crippen LogP contribution is -2.52. The molecule has 3 unspecified atom stereocenters. The number of alkyl halides is 1. The molecule has 0 radical (unpaired) electrons. The molecule has 0 saturated heterocycles. The molecule has 0 saturated carbocycles. The average Bonchev–Trinajstić information content (AvgIpc) is 2.93. The summed E-state index contributed by atoms with van der Waals surface area (Å²) in [5.41, 5.74) is 0.292. The Morgan fingerprint density at radius 3 is 2.00 bits per heavy atom. The number of halogens is 1. The molecule has 0 bridgehead atoms. The number of carboxylic acids is 2. The number of aliphatic carboxylic acids is 2. The maximum atomic E-state index is 13.2. The average molecular weight is 588 g/mol. The number of carbonyl (C=O) groups excluding carboxylic acids is 4. The smallest absolute Gasteiger partial charge is 0.305 e. The Kier molecular flexibility index (Phi) is 13.1. The van der Waals surface area contributed by atoms with Crippen molar-refractivity contribution in [2.75, 3.05) is 12.0 Å². The van der Waals surface area contributed by atoms with E-state index in [9.17, 15) is 38.3 Å². The summed E-state index contributed by atoms with van der Waals surface area (Å²) >= 11 is 0. The molecular formula is C29H34FN3O9. The maximum absolute atomic E-state index is 13.2. The highest BCUT2D eigenvalue weighted by atomic mass is 19.1. The minimum Gasteiger partial charge on any atom is -0.481 e. The third-order valence-corrected chi connectivity index (χ3v) is 5.92. The van der Waals surface area contributed by atoms with Crippen LogP contribution >= 0.6 is 0 Å². The van der Waals surface area contributed by atoms with E-state index in [2.05, 4.69) is 16.0 Å². The molecule has 0 heterocycles. The lowest BCUT2D eigenvalue weighted by molar-refractivity contribution is -0.142. The Morgan fingerprint density at radius 2 is 1.43 bits per heavy atom. The Bertz CT molecular complexity index is 1270. The van der Waals surface area contributed by atoms with Crippen molar-refractivity contribution in [2.24, 2.45) is 11.8 Å². The highest BCUT2D eigenvalue weighted by Gasteiger charge is 2.34. The molecule has 0 aliphatic carbocycles.